The number of nitrogens with zero attached hydrogens (tertiary/aromatic N) is 2. The van der Waals surface area contributed by atoms with Gasteiger partial charge < -0.3 is 11.5 Å². The van der Waals surface area contributed by atoms with Crippen molar-refractivity contribution in [2.75, 3.05) is 0 Å². The maximum atomic E-state index is 11.1. The van der Waals surface area contributed by atoms with Gasteiger partial charge in [0.15, 0.2) is 0 Å². The van der Waals surface area contributed by atoms with Crippen LogP contribution in [0.15, 0.2) is 17.3 Å². The van der Waals surface area contributed by atoms with Gasteiger partial charge >= 0.3 is 0 Å². The molecule has 0 spiro atoms. The summed E-state index contributed by atoms with van der Waals surface area (Å²) in [5.41, 5.74) is 10.1. The summed E-state index contributed by atoms with van der Waals surface area (Å²) in [4.78, 5) is 12.1. The van der Waals surface area contributed by atoms with Crippen LogP contribution in [-0.2, 0) is 11.8 Å². The second kappa shape index (κ2) is 4.88. The lowest BCUT2D eigenvalue weighted by atomic mass is 9.97. The predicted molar refractivity (Wildman–Crippen MR) is 64.9 cm³/mol. The van der Waals surface area contributed by atoms with Gasteiger partial charge in [0, 0.05) is 23.4 Å². The van der Waals surface area contributed by atoms with Crippen LogP contribution >= 0.6 is 11.8 Å². The highest BCUT2D eigenvalue weighted by molar-refractivity contribution is 7.99. The fraction of sp³-hybridized carbons (Fsp3) is 0.600. The Morgan fingerprint density at radius 2 is 2.38 bits per heavy atom. The van der Waals surface area contributed by atoms with E-state index >= 15 is 0 Å². The van der Waals surface area contributed by atoms with Crippen LogP contribution in [0, 0.1) is 0 Å². The van der Waals surface area contributed by atoms with Gasteiger partial charge in [-0.1, -0.05) is 6.92 Å². The number of hydrogen-bond donors (Lipinski definition) is 2. The van der Waals surface area contributed by atoms with E-state index in [0.29, 0.717) is 6.42 Å². The van der Waals surface area contributed by atoms with E-state index in [4.69, 9.17) is 11.5 Å². The lowest BCUT2D eigenvalue weighted by molar-refractivity contribution is -0.122. The first-order valence-electron chi connectivity index (χ1n) is 5.05. The van der Waals surface area contributed by atoms with Crippen molar-refractivity contribution in [1.82, 2.24) is 9.78 Å². The van der Waals surface area contributed by atoms with Gasteiger partial charge in [0.25, 0.3) is 0 Å². The van der Waals surface area contributed by atoms with Gasteiger partial charge in [-0.05, 0) is 13.3 Å². The van der Waals surface area contributed by atoms with Gasteiger partial charge in [-0.15, -0.1) is 11.8 Å². The highest BCUT2D eigenvalue weighted by atomic mass is 32.2. The highest BCUT2D eigenvalue weighted by Crippen LogP contribution is 2.27. The van der Waals surface area contributed by atoms with Crippen LogP contribution < -0.4 is 11.5 Å². The van der Waals surface area contributed by atoms with E-state index in [9.17, 15) is 4.79 Å². The molecule has 0 fully saturated rings. The van der Waals surface area contributed by atoms with E-state index in [2.05, 4.69) is 5.10 Å². The van der Waals surface area contributed by atoms with Crippen LogP contribution in [0.2, 0.25) is 0 Å². The SMILES string of the molecule is CC(CC(C)(N)C(N)=O)Sc1cnn(C)c1. The Kier molecular flexibility index (Phi) is 3.98. The van der Waals surface area contributed by atoms with Crippen LogP contribution in [0.3, 0.4) is 0 Å². The van der Waals surface area contributed by atoms with Crippen LogP contribution in [0.25, 0.3) is 0 Å². The predicted octanol–water partition coefficient (Wildman–Crippen LogP) is 0.493. The number of primary amides is 1. The Labute approximate surface area is 99.6 Å². The third-order valence-corrected chi connectivity index (χ3v) is 3.34. The average Bonchev–Trinajstić information content (AvgIpc) is 2.49. The van der Waals surface area contributed by atoms with Gasteiger partial charge in [-0.2, -0.15) is 5.10 Å². The number of nitrogens with two attached hydrogens (primary N) is 2. The minimum absolute atomic E-state index is 0.215. The molecule has 0 aliphatic rings. The summed E-state index contributed by atoms with van der Waals surface area (Å²) < 4.78 is 1.74. The summed E-state index contributed by atoms with van der Waals surface area (Å²) in [7, 11) is 1.87. The van der Waals surface area contributed by atoms with Gasteiger partial charge in [0.05, 0.1) is 11.7 Å². The summed E-state index contributed by atoms with van der Waals surface area (Å²) in [5, 5.41) is 4.29. The molecule has 2 atom stereocenters. The molecule has 6 heteroatoms. The van der Waals surface area contributed by atoms with Gasteiger partial charge in [-0.25, -0.2) is 0 Å². The van der Waals surface area contributed by atoms with Crippen LogP contribution in [0.1, 0.15) is 20.3 Å². The van der Waals surface area contributed by atoms with Crippen molar-refractivity contribution in [2.24, 2.45) is 18.5 Å². The third kappa shape index (κ3) is 3.53. The lowest BCUT2D eigenvalue weighted by Gasteiger charge is -2.23. The van der Waals surface area contributed by atoms with Crippen molar-refractivity contribution in [3.05, 3.63) is 12.4 Å². The third-order valence-electron chi connectivity index (χ3n) is 2.29. The zero-order valence-electron chi connectivity index (χ0n) is 9.80. The Balaban J connectivity index is 2.54. The second-order valence-electron chi connectivity index (χ2n) is 4.26. The number of amides is 1. The molecule has 1 aromatic rings. The first kappa shape index (κ1) is 13.1. The molecule has 2 unspecified atom stereocenters. The van der Waals surface area contributed by atoms with Crippen molar-refractivity contribution >= 4 is 17.7 Å². The van der Waals surface area contributed by atoms with Crippen LogP contribution in [0.5, 0.6) is 0 Å². The van der Waals surface area contributed by atoms with Crippen LogP contribution in [0.4, 0.5) is 0 Å². The molecule has 4 N–H and O–H groups in total. The molecular weight excluding hydrogens is 224 g/mol. The zero-order valence-corrected chi connectivity index (χ0v) is 10.6. The van der Waals surface area contributed by atoms with E-state index in [0.717, 1.165) is 4.90 Å². The van der Waals surface area contributed by atoms with Crippen molar-refractivity contribution in [3.63, 3.8) is 0 Å². The van der Waals surface area contributed by atoms with Gasteiger partial charge in [0.1, 0.15) is 0 Å². The number of rotatable bonds is 5. The topological polar surface area (TPSA) is 86.9 Å². The minimum atomic E-state index is -0.950. The molecule has 1 amide bonds. The van der Waals surface area contributed by atoms with Crippen molar-refractivity contribution in [2.45, 2.75) is 36.0 Å². The van der Waals surface area contributed by atoms with E-state index in [-0.39, 0.29) is 5.25 Å². The molecule has 16 heavy (non-hydrogen) atoms. The molecule has 0 radical (unpaired) electrons. The molecular formula is C10H18N4OS. The first-order valence-corrected chi connectivity index (χ1v) is 5.93. The van der Waals surface area contributed by atoms with Gasteiger partial charge in [0.2, 0.25) is 5.91 Å². The number of carbonyl (C=O) groups excluding carboxylic acids is 1. The molecule has 0 saturated heterocycles. The zero-order chi connectivity index (χ0) is 12.3. The molecule has 0 aliphatic heterocycles. The fourth-order valence-electron chi connectivity index (χ4n) is 1.43. The first-order chi connectivity index (χ1) is 7.31. The molecule has 1 heterocycles. The average molecular weight is 242 g/mol. The van der Waals surface area contributed by atoms with Gasteiger partial charge in [-0.3, -0.25) is 9.48 Å². The Morgan fingerprint density at radius 3 is 2.81 bits per heavy atom. The number of aromatic nitrogens is 2. The largest absolute Gasteiger partial charge is 0.368 e. The quantitative estimate of drug-likeness (QED) is 0.736. The maximum absolute atomic E-state index is 11.1. The minimum Gasteiger partial charge on any atom is -0.368 e. The Bertz CT molecular complexity index is 375. The molecule has 90 valence electrons. The monoisotopic (exact) mass is 242 g/mol. The summed E-state index contributed by atoms with van der Waals surface area (Å²) >= 11 is 1.64. The highest BCUT2D eigenvalue weighted by Gasteiger charge is 2.28. The normalized spacial score (nSPS) is 16.8. The summed E-state index contributed by atoms with van der Waals surface area (Å²) in [5.74, 6) is -0.467. The van der Waals surface area contributed by atoms with Crippen molar-refractivity contribution in [1.29, 1.82) is 0 Å². The fourth-order valence-corrected chi connectivity index (χ4v) is 2.65. The molecule has 1 aromatic heterocycles. The van der Waals surface area contributed by atoms with E-state index in [1.54, 1.807) is 29.6 Å². The van der Waals surface area contributed by atoms with Crippen LogP contribution in [-0.4, -0.2) is 26.5 Å². The number of carbonyl (C=O) groups is 1. The maximum Gasteiger partial charge on any atom is 0.237 e. The van der Waals surface area contributed by atoms with Crippen molar-refractivity contribution < 1.29 is 4.79 Å². The molecule has 0 aromatic carbocycles. The van der Waals surface area contributed by atoms with E-state index in [1.807, 2.05) is 20.2 Å². The molecule has 1 rings (SSSR count). The standard InChI is InChI=1S/C10H18N4OS/c1-7(4-10(2,12)9(11)15)16-8-5-13-14(3)6-8/h5-7H,4,12H2,1-3H3,(H2,11,15). The van der Waals surface area contributed by atoms with E-state index < -0.39 is 11.4 Å². The number of aryl methyl sites for hydroxylation is 1. The number of hydrogen-bond acceptors (Lipinski definition) is 4. The summed E-state index contributed by atoms with van der Waals surface area (Å²) in [6, 6.07) is 0. The van der Waals surface area contributed by atoms with E-state index in [1.165, 1.54) is 0 Å². The number of thioether (sulfide) groups is 1. The molecule has 0 aliphatic carbocycles. The molecule has 5 nitrogen and oxygen atoms in total. The smallest absolute Gasteiger partial charge is 0.237 e. The lowest BCUT2D eigenvalue weighted by Crippen LogP contribution is -2.50. The van der Waals surface area contributed by atoms with Crippen molar-refractivity contribution in [3.8, 4) is 0 Å². The Morgan fingerprint density at radius 1 is 1.75 bits per heavy atom. The molecule has 0 bridgehead atoms. The second-order valence-corrected chi connectivity index (χ2v) is 5.78. The molecule has 0 saturated carbocycles. The summed E-state index contributed by atoms with van der Waals surface area (Å²) in [6.45, 7) is 3.68. The Hall–Kier alpha value is -1.01. The summed E-state index contributed by atoms with van der Waals surface area (Å²) in [6.07, 6.45) is 4.26.